The largest absolute Gasteiger partial charge is 0.371 e. The van der Waals surface area contributed by atoms with Crippen LogP contribution in [-0.2, 0) is 6.42 Å². The monoisotopic (exact) mass is 505 g/mol. The molecular weight excluding hydrogens is 470 g/mol. The Labute approximate surface area is 224 Å². The van der Waals surface area contributed by atoms with Crippen LogP contribution < -0.4 is 15.5 Å². The molecule has 1 heterocycles. The standard InChI is InChI=1S/C33H35N3O2/c1-23(2)34-33(38)30-22-29(35-32(37)28-13-12-26-10-6-7-11-27(26)21-28)14-15-31(30)36-18-16-25(17-19-36)20-24-8-4-3-5-9-24/h3-15,21-23,25H,16-20H2,1-2H3,(H,34,38)(H,35,37). The maximum Gasteiger partial charge on any atom is 0.255 e. The van der Waals surface area contributed by atoms with Crippen LogP contribution in [0.3, 0.4) is 0 Å². The van der Waals surface area contributed by atoms with Gasteiger partial charge in [-0.25, -0.2) is 0 Å². The van der Waals surface area contributed by atoms with E-state index < -0.39 is 0 Å². The lowest BCUT2D eigenvalue weighted by molar-refractivity contribution is 0.0942. The van der Waals surface area contributed by atoms with Crippen molar-refractivity contribution >= 4 is 34.0 Å². The summed E-state index contributed by atoms with van der Waals surface area (Å²) in [4.78, 5) is 28.6. The summed E-state index contributed by atoms with van der Waals surface area (Å²) in [6.07, 6.45) is 3.26. The Morgan fingerprint density at radius 1 is 0.816 bits per heavy atom. The van der Waals surface area contributed by atoms with E-state index in [1.807, 2.05) is 74.5 Å². The van der Waals surface area contributed by atoms with Gasteiger partial charge >= 0.3 is 0 Å². The molecule has 0 unspecified atom stereocenters. The van der Waals surface area contributed by atoms with Crippen molar-refractivity contribution in [3.05, 3.63) is 108 Å². The number of nitrogens with zero attached hydrogens (tertiary/aromatic N) is 1. The predicted molar refractivity (Wildman–Crippen MR) is 156 cm³/mol. The summed E-state index contributed by atoms with van der Waals surface area (Å²) < 4.78 is 0. The van der Waals surface area contributed by atoms with Crippen molar-refractivity contribution in [3.63, 3.8) is 0 Å². The molecule has 1 aliphatic heterocycles. The fraction of sp³-hybridized carbons (Fsp3) is 0.273. The summed E-state index contributed by atoms with van der Waals surface area (Å²) in [7, 11) is 0. The highest BCUT2D eigenvalue weighted by Crippen LogP contribution is 2.30. The first-order valence-corrected chi connectivity index (χ1v) is 13.5. The molecule has 0 aromatic heterocycles. The van der Waals surface area contributed by atoms with Gasteiger partial charge in [0, 0.05) is 36.1 Å². The number of piperidine rings is 1. The molecule has 1 fully saturated rings. The van der Waals surface area contributed by atoms with Crippen molar-refractivity contribution in [2.45, 2.75) is 39.2 Å². The first-order valence-electron chi connectivity index (χ1n) is 13.5. The van der Waals surface area contributed by atoms with Gasteiger partial charge in [-0.05, 0) is 85.7 Å². The molecular formula is C33H35N3O2. The number of nitrogens with one attached hydrogen (secondary N) is 2. The van der Waals surface area contributed by atoms with Crippen LogP contribution in [0, 0.1) is 5.92 Å². The second-order valence-corrected chi connectivity index (χ2v) is 10.5. The highest BCUT2D eigenvalue weighted by atomic mass is 16.2. The van der Waals surface area contributed by atoms with E-state index >= 15 is 0 Å². The van der Waals surface area contributed by atoms with Gasteiger partial charge < -0.3 is 15.5 Å². The number of carbonyl (C=O) groups excluding carboxylic acids is 2. The zero-order valence-corrected chi connectivity index (χ0v) is 22.1. The molecule has 0 spiro atoms. The number of hydrogen-bond donors (Lipinski definition) is 2. The quantitative estimate of drug-likeness (QED) is 0.294. The lowest BCUT2D eigenvalue weighted by Crippen LogP contribution is -2.37. The Bertz CT molecular complexity index is 1420. The molecule has 0 atom stereocenters. The molecule has 1 saturated heterocycles. The molecule has 2 N–H and O–H groups in total. The number of fused-ring (bicyclic) bond motifs is 1. The molecule has 4 aromatic rings. The first-order chi connectivity index (χ1) is 18.5. The molecule has 5 heteroatoms. The van der Waals surface area contributed by atoms with E-state index in [0.717, 1.165) is 48.8 Å². The van der Waals surface area contributed by atoms with Crippen molar-refractivity contribution in [1.29, 1.82) is 0 Å². The molecule has 38 heavy (non-hydrogen) atoms. The molecule has 2 amide bonds. The number of amides is 2. The predicted octanol–water partition coefficient (Wildman–Crippen LogP) is 6.69. The van der Waals surface area contributed by atoms with Gasteiger partial charge in [-0.1, -0.05) is 60.7 Å². The first kappa shape index (κ1) is 25.5. The summed E-state index contributed by atoms with van der Waals surface area (Å²) >= 11 is 0. The summed E-state index contributed by atoms with van der Waals surface area (Å²) in [6.45, 7) is 5.72. The van der Waals surface area contributed by atoms with Crippen molar-refractivity contribution in [2.75, 3.05) is 23.3 Å². The van der Waals surface area contributed by atoms with E-state index in [-0.39, 0.29) is 17.9 Å². The summed E-state index contributed by atoms with van der Waals surface area (Å²) in [6, 6.07) is 30.0. The Morgan fingerprint density at radius 2 is 1.53 bits per heavy atom. The van der Waals surface area contributed by atoms with Crippen LogP contribution in [0.1, 0.15) is 53.0 Å². The molecule has 0 radical (unpaired) electrons. The molecule has 0 saturated carbocycles. The van der Waals surface area contributed by atoms with Crippen LogP contribution in [0.25, 0.3) is 10.8 Å². The van der Waals surface area contributed by atoms with Gasteiger partial charge in [0.2, 0.25) is 0 Å². The minimum Gasteiger partial charge on any atom is -0.371 e. The zero-order chi connectivity index (χ0) is 26.5. The minimum absolute atomic E-state index is 0.0165. The summed E-state index contributed by atoms with van der Waals surface area (Å²) in [5, 5.41) is 8.14. The van der Waals surface area contributed by atoms with E-state index in [4.69, 9.17) is 0 Å². The second-order valence-electron chi connectivity index (χ2n) is 10.5. The Kier molecular flexibility index (Phi) is 7.73. The zero-order valence-electron chi connectivity index (χ0n) is 22.1. The average Bonchev–Trinajstić information content (AvgIpc) is 2.93. The van der Waals surface area contributed by atoms with Gasteiger partial charge in [0.25, 0.3) is 11.8 Å². The van der Waals surface area contributed by atoms with Crippen molar-refractivity contribution in [1.82, 2.24) is 5.32 Å². The third-order valence-electron chi connectivity index (χ3n) is 7.25. The highest BCUT2D eigenvalue weighted by Gasteiger charge is 2.24. The van der Waals surface area contributed by atoms with Crippen LogP contribution in [0.15, 0.2) is 91.0 Å². The molecule has 0 aliphatic carbocycles. The third-order valence-corrected chi connectivity index (χ3v) is 7.25. The minimum atomic E-state index is -0.194. The summed E-state index contributed by atoms with van der Waals surface area (Å²) in [5.41, 5.74) is 4.09. The summed E-state index contributed by atoms with van der Waals surface area (Å²) in [5.74, 6) is 0.325. The number of carbonyl (C=O) groups is 2. The number of anilines is 2. The van der Waals surface area contributed by atoms with Crippen LogP contribution in [0.5, 0.6) is 0 Å². The molecule has 5 nitrogen and oxygen atoms in total. The number of rotatable bonds is 7. The molecule has 1 aliphatic rings. The molecule has 5 rings (SSSR count). The van der Waals surface area contributed by atoms with Gasteiger partial charge in [0.1, 0.15) is 0 Å². The SMILES string of the molecule is CC(C)NC(=O)c1cc(NC(=O)c2ccc3ccccc3c2)ccc1N1CCC(Cc2ccccc2)CC1. The van der Waals surface area contributed by atoms with Crippen molar-refractivity contribution in [3.8, 4) is 0 Å². The normalized spacial score (nSPS) is 14.0. The third kappa shape index (κ3) is 6.05. The molecule has 0 bridgehead atoms. The van der Waals surface area contributed by atoms with Crippen LogP contribution >= 0.6 is 0 Å². The fourth-order valence-electron chi connectivity index (χ4n) is 5.27. The van der Waals surface area contributed by atoms with E-state index in [1.54, 1.807) is 0 Å². The maximum atomic E-state index is 13.2. The van der Waals surface area contributed by atoms with Gasteiger partial charge in [0.15, 0.2) is 0 Å². The van der Waals surface area contributed by atoms with Crippen molar-refractivity contribution in [2.24, 2.45) is 5.92 Å². The van der Waals surface area contributed by atoms with Crippen LogP contribution in [-0.4, -0.2) is 30.9 Å². The maximum absolute atomic E-state index is 13.2. The highest BCUT2D eigenvalue weighted by molar-refractivity contribution is 6.08. The number of hydrogen-bond acceptors (Lipinski definition) is 3. The van der Waals surface area contributed by atoms with Crippen molar-refractivity contribution < 1.29 is 9.59 Å². The topological polar surface area (TPSA) is 61.4 Å². The van der Waals surface area contributed by atoms with Crippen LogP contribution in [0.4, 0.5) is 11.4 Å². The second kappa shape index (κ2) is 11.5. The Morgan fingerprint density at radius 3 is 2.26 bits per heavy atom. The smallest absolute Gasteiger partial charge is 0.255 e. The lowest BCUT2D eigenvalue weighted by atomic mass is 9.89. The van der Waals surface area contributed by atoms with Crippen LogP contribution in [0.2, 0.25) is 0 Å². The molecule has 4 aromatic carbocycles. The van der Waals surface area contributed by atoms with Gasteiger partial charge in [0.05, 0.1) is 5.56 Å². The number of benzene rings is 4. The van der Waals surface area contributed by atoms with E-state index in [0.29, 0.717) is 22.7 Å². The Balaban J connectivity index is 1.33. The average molecular weight is 506 g/mol. The van der Waals surface area contributed by atoms with E-state index in [2.05, 4.69) is 45.9 Å². The molecule has 194 valence electrons. The lowest BCUT2D eigenvalue weighted by Gasteiger charge is -2.35. The van der Waals surface area contributed by atoms with Gasteiger partial charge in [-0.15, -0.1) is 0 Å². The fourth-order valence-corrected chi connectivity index (χ4v) is 5.27. The van der Waals surface area contributed by atoms with Gasteiger partial charge in [-0.2, -0.15) is 0 Å². The van der Waals surface area contributed by atoms with E-state index in [9.17, 15) is 9.59 Å². The Hall–Kier alpha value is -4.12. The van der Waals surface area contributed by atoms with E-state index in [1.165, 1.54) is 5.56 Å². The van der Waals surface area contributed by atoms with Gasteiger partial charge in [-0.3, -0.25) is 9.59 Å².